The summed E-state index contributed by atoms with van der Waals surface area (Å²) in [6.45, 7) is 2.11. The summed E-state index contributed by atoms with van der Waals surface area (Å²) >= 11 is 0. The number of aryl methyl sites for hydroxylation is 1. The Morgan fingerprint density at radius 2 is 1.93 bits per heavy atom. The Morgan fingerprint density at radius 1 is 1.27 bits per heavy atom. The zero-order valence-corrected chi connectivity index (χ0v) is 8.03. The second-order valence-corrected chi connectivity index (χ2v) is 3.09. The molecule has 1 aromatic heterocycles. The molecule has 1 aliphatic rings. The highest BCUT2D eigenvalue weighted by molar-refractivity contribution is 6.45. The van der Waals surface area contributed by atoms with Crippen molar-refractivity contribution in [1.29, 1.82) is 0 Å². The lowest BCUT2D eigenvalue weighted by atomic mass is 10.4. The van der Waals surface area contributed by atoms with Crippen LogP contribution < -0.4 is 10.6 Å². The lowest BCUT2D eigenvalue weighted by Crippen LogP contribution is -2.25. The van der Waals surface area contributed by atoms with E-state index in [1.54, 1.807) is 6.07 Å². The van der Waals surface area contributed by atoms with Crippen molar-refractivity contribution in [2.45, 2.75) is 13.5 Å². The summed E-state index contributed by atoms with van der Waals surface area (Å²) in [7, 11) is 0. The molecular weight excluding hydrogens is 198 g/mol. The molecule has 0 spiro atoms. The van der Waals surface area contributed by atoms with Crippen LogP contribution in [-0.4, -0.2) is 17.8 Å². The molecule has 0 bridgehead atoms. The van der Waals surface area contributed by atoms with Gasteiger partial charge in [0.05, 0.1) is 0 Å². The fraction of sp³-hybridized carbons (Fsp3) is 0.222. The molecule has 0 saturated carbocycles. The molecule has 2 amide bonds. The van der Waals surface area contributed by atoms with Crippen LogP contribution in [0.4, 0.5) is 0 Å². The first-order valence-corrected chi connectivity index (χ1v) is 4.37. The second-order valence-electron chi connectivity index (χ2n) is 3.09. The zero-order chi connectivity index (χ0) is 10.8. The standard InChI is InChI=1S/C9H9N3O3/c1-5-2-3-6(15-5)4-10-9-11-7(13)8(14)12-9/h2-3H,4H2,1H3,(H2,10,11,12,13,14). The number of hydrogen-bond acceptors (Lipinski definition) is 4. The summed E-state index contributed by atoms with van der Waals surface area (Å²) in [4.78, 5) is 25.5. The third-order valence-corrected chi connectivity index (χ3v) is 1.86. The number of carbonyl (C=O) groups is 2. The molecule has 15 heavy (non-hydrogen) atoms. The third kappa shape index (κ3) is 2.04. The number of guanidine groups is 1. The Labute approximate surface area is 85.4 Å². The molecule has 1 saturated heterocycles. The summed E-state index contributed by atoms with van der Waals surface area (Å²) < 4.78 is 5.26. The first-order valence-electron chi connectivity index (χ1n) is 4.37. The predicted octanol–water partition coefficient (Wildman–Crippen LogP) is -0.310. The van der Waals surface area contributed by atoms with Crippen molar-refractivity contribution in [2.75, 3.05) is 0 Å². The predicted molar refractivity (Wildman–Crippen MR) is 50.9 cm³/mol. The fourth-order valence-corrected chi connectivity index (χ4v) is 1.17. The summed E-state index contributed by atoms with van der Waals surface area (Å²) in [6, 6.07) is 3.61. The summed E-state index contributed by atoms with van der Waals surface area (Å²) in [5.74, 6) is 0.257. The van der Waals surface area contributed by atoms with Crippen LogP contribution in [0.5, 0.6) is 0 Å². The van der Waals surface area contributed by atoms with Crippen molar-refractivity contribution in [3.05, 3.63) is 23.7 Å². The molecule has 1 fully saturated rings. The summed E-state index contributed by atoms with van der Waals surface area (Å²) in [5, 5.41) is 4.58. The van der Waals surface area contributed by atoms with Crippen LogP contribution in [0.1, 0.15) is 11.5 Å². The second kappa shape index (κ2) is 3.56. The van der Waals surface area contributed by atoms with E-state index >= 15 is 0 Å². The van der Waals surface area contributed by atoms with Crippen LogP contribution in [0.3, 0.4) is 0 Å². The van der Waals surface area contributed by atoms with Crippen molar-refractivity contribution in [3.8, 4) is 0 Å². The highest BCUT2D eigenvalue weighted by Crippen LogP contribution is 2.07. The molecule has 0 unspecified atom stereocenters. The lowest BCUT2D eigenvalue weighted by Gasteiger charge is -1.94. The Morgan fingerprint density at radius 3 is 2.47 bits per heavy atom. The van der Waals surface area contributed by atoms with Gasteiger partial charge in [0, 0.05) is 0 Å². The van der Waals surface area contributed by atoms with Crippen LogP contribution in [0.2, 0.25) is 0 Å². The van der Waals surface area contributed by atoms with Gasteiger partial charge in [-0.2, -0.15) is 0 Å². The number of amides is 2. The van der Waals surface area contributed by atoms with Gasteiger partial charge < -0.3 is 4.42 Å². The van der Waals surface area contributed by atoms with Gasteiger partial charge in [-0.05, 0) is 19.1 Å². The molecule has 1 aromatic rings. The van der Waals surface area contributed by atoms with E-state index in [1.165, 1.54) is 0 Å². The first-order chi connectivity index (χ1) is 7.15. The van der Waals surface area contributed by atoms with E-state index in [1.807, 2.05) is 13.0 Å². The van der Waals surface area contributed by atoms with Gasteiger partial charge in [-0.25, -0.2) is 4.99 Å². The highest BCUT2D eigenvalue weighted by Gasteiger charge is 2.24. The Bertz CT molecular complexity index is 429. The molecule has 2 heterocycles. The maximum atomic E-state index is 10.8. The van der Waals surface area contributed by atoms with Gasteiger partial charge in [0.1, 0.15) is 18.1 Å². The molecule has 6 nitrogen and oxygen atoms in total. The normalized spacial score (nSPS) is 15.1. The van der Waals surface area contributed by atoms with Gasteiger partial charge in [-0.15, -0.1) is 0 Å². The van der Waals surface area contributed by atoms with Crippen LogP contribution in [-0.2, 0) is 16.1 Å². The molecule has 0 atom stereocenters. The van der Waals surface area contributed by atoms with E-state index in [9.17, 15) is 9.59 Å². The Balaban J connectivity index is 2.01. The van der Waals surface area contributed by atoms with Crippen molar-refractivity contribution in [1.82, 2.24) is 10.6 Å². The number of aliphatic imine (C=N–C) groups is 1. The SMILES string of the molecule is Cc1ccc(CN=C2NC(=O)C(=O)N2)o1. The van der Waals surface area contributed by atoms with E-state index in [4.69, 9.17) is 4.42 Å². The van der Waals surface area contributed by atoms with E-state index in [0.717, 1.165) is 5.76 Å². The molecule has 2 rings (SSSR count). The number of nitrogens with zero attached hydrogens (tertiary/aromatic N) is 1. The van der Waals surface area contributed by atoms with Crippen LogP contribution in [0, 0.1) is 6.92 Å². The van der Waals surface area contributed by atoms with Gasteiger partial charge in [0.15, 0.2) is 0 Å². The first kappa shape index (κ1) is 9.45. The smallest absolute Gasteiger partial charge is 0.316 e. The molecule has 1 aliphatic heterocycles. The maximum Gasteiger partial charge on any atom is 0.316 e. The van der Waals surface area contributed by atoms with E-state index in [-0.39, 0.29) is 12.5 Å². The topological polar surface area (TPSA) is 83.7 Å². The molecular formula is C9H9N3O3. The quantitative estimate of drug-likeness (QED) is 0.652. The number of rotatable bonds is 2. The molecule has 2 N–H and O–H groups in total. The molecule has 0 aliphatic carbocycles. The summed E-state index contributed by atoms with van der Waals surface area (Å²) in [6.07, 6.45) is 0. The van der Waals surface area contributed by atoms with Gasteiger partial charge in [-0.1, -0.05) is 0 Å². The van der Waals surface area contributed by atoms with E-state index in [2.05, 4.69) is 15.6 Å². The van der Waals surface area contributed by atoms with Gasteiger partial charge in [-0.3, -0.25) is 20.2 Å². The van der Waals surface area contributed by atoms with Crippen molar-refractivity contribution in [3.63, 3.8) is 0 Å². The van der Waals surface area contributed by atoms with Gasteiger partial charge >= 0.3 is 11.8 Å². The van der Waals surface area contributed by atoms with Gasteiger partial charge in [0.2, 0.25) is 5.96 Å². The minimum absolute atomic E-state index is 0.166. The Hall–Kier alpha value is -2.11. The number of nitrogens with one attached hydrogen (secondary N) is 2. The minimum Gasteiger partial charge on any atom is -0.464 e. The average Bonchev–Trinajstić information content (AvgIpc) is 2.72. The number of carbonyl (C=O) groups excluding carboxylic acids is 2. The van der Waals surface area contributed by atoms with Crippen LogP contribution >= 0.6 is 0 Å². The average molecular weight is 207 g/mol. The largest absolute Gasteiger partial charge is 0.464 e. The van der Waals surface area contributed by atoms with Crippen LogP contribution in [0.15, 0.2) is 21.5 Å². The molecule has 0 radical (unpaired) electrons. The van der Waals surface area contributed by atoms with E-state index in [0.29, 0.717) is 5.76 Å². The van der Waals surface area contributed by atoms with Crippen molar-refractivity contribution < 1.29 is 14.0 Å². The monoisotopic (exact) mass is 207 g/mol. The summed E-state index contributed by atoms with van der Waals surface area (Å²) in [5.41, 5.74) is 0. The highest BCUT2D eigenvalue weighted by atomic mass is 16.3. The minimum atomic E-state index is -0.690. The lowest BCUT2D eigenvalue weighted by molar-refractivity contribution is -0.135. The number of furan rings is 1. The van der Waals surface area contributed by atoms with Crippen LogP contribution in [0.25, 0.3) is 0 Å². The van der Waals surface area contributed by atoms with E-state index < -0.39 is 11.8 Å². The maximum absolute atomic E-state index is 10.8. The Kier molecular flexibility index (Phi) is 2.24. The fourth-order valence-electron chi connectivity index (χ4n) is 1.17. The number of hydrogen-bond donors (Lipinski definition) is 2. The zero-order valence-electron chi connectivity index (χ0n) is 8.03. The molecule has 6 heteroatoms. The molecule has 0 aromatic carbocycles. The van der Waals surface area contributed by atoms with Gasteiger partial charge in [0.25, 0.3) is 0 Å². The molecule has 78 valence electrons. The van der Waals surface area contributed by atoms with Crippen molar-refractivity contribution in [2.24, 2.45) is 4.99 Å². The third-order valence-electron chi connectivity index (χ3n) is 1.86. The van der Waals surface area contributed by atoms with Crippen molar-refractivity contribution >= 4 is 17.8 Å².